The SMILES string of the molecule is Cc1c(C(=O)N2CC(C(C)C)c3ccccc32)cnn1CCC#N. The molecule has 0 saturated carbocycles. The van der Waals surface area contributed by atoms with Gasteiger partial charge in [-0.3, -0.25) is 9.48 Å². The van der Waals surface area contributed by atoms with Gasteiger partial charge in [0.05, 0.1) is 30.8 Å². The lowest BCUT2D eigenvalue weighted by atomic mass is 9.90. The van der Waals surface area contributed by atoms with Crippen molar-refractivity contribution in [3.63, 3.8) is 0 Å². The number of nitriles is 1. The number of hydrogen-bond donors (Lipinski definition) is 0. The molecule has 5 nitrogen and oxygen atoms in total. The van der Waals surface area contributed by atoms with Crippen LogP contribution in [0.4, 0.5) is 5.69 Å². The van der Waals surface area contributed by atoms with E-state index in [2.05, 4.69) is 31.1 Å². The maximum Gasteiger partial charge on any atom is 0.261 e. The summed E-state index contributed by atoms with van der Waals surface area (Å²) < 4.78 is 1.73. The third kappa shape index (κ3) is 2.69. The minimum absolute atomic E-state index is 0.00805. The van der Waals surface area contributed by atoms with E-state index in [9.17, 15) is 4.79 Å². The molecule has 1 atom stereocenters. The van der Waals surface area contributed by atoms with Crippen LogP contribution in [0.2, 0.25) is 0 Å². The predicted octanol–water partition coefficient (Wildman–Crippen LogP) is 3.51. The van der Waals surface area contributed by atoms with Crippen molar-refractivity contribution in [1.29, 1.82) is 5.26 Å². The summed E-state index contributed by atoms with van der Waals surface area (Å²) in [6, 6.07) is 10.3. The van der Waals surface area contributed by atoms with Gasteiger partial charge in [0.15, 0.2) is 0 Å². The van der Waals surface area contributed by atoms with Crippen molar-refractivity contribution in [2.45, 2.75) is 39.7 Å². The van der Waals surface area contributed by atoms with Crippen LogP contribution < -0.4 is 4.90 Å². The average molecular weight is 322 g/mol. The fourth-order valence-corrected chi connectivity index (χ4v) is 3.39. The fraction of sp³-hybridized carbons (Fsp3) is 0.421. The number of carbonyl (C=O) groups excluding carboxylic acids is 1. The number of rotatable bonds is 4. The number of hydrogen-bond acceptors (Lipinski definition) is 3. The Morgan fingerprint density at radius 1 is 1.42 bits per heavy atom. The molecule has 1 unspecified atom stereocenters. The largest absolute Gasteiger partial charge is 0.307 e. The summed E-state index contributed by atoms with van der Waals surface area (Å²) >= 11 is 0. The molecule has 1 aliphatic heterocycles. The van der Waals surface area contributed by atoms with E-state index in [0.717, 1.165) is 11.4 Å². The van der Waals surface area contributed by atoms with Crippen molar-refractivity contribution in [3.8, 4) is 6.07 Å². The zero-order chi connectivity index (χ0) is 17.3. The van der Waals surface area contributed by atoms with Gasteiger partial charge in [0.2, 0.25) is 0 Å². The van der Waals surface area contributed by atoms with Crippen LogP contribution in [0.3, 0.4) is 0 Å². The molecule has 3 rings (SSSR count). The first kappa shape index (κ1) is 16.3. The van der Waals surface area contributed by atoms with E-state index >= 15 is 0 Å². The lowest BCUT2D eigenvalue weighted by Gasteiger charge is -2.19. The van der Waals surface area contributed by atoms with Gasteiger partial charge in [0.1, 0.15) is 0 Å². The molecule has 0 saturated heterocycles. The molecule has 24 heavy (non-hydrogen) atoms. The van der Waals surface area contributed by atoms with Crippen molar-refractivity contribution in [3.05, 3.63) is 47.3 Å². The molecule has 5 heteroatoms. The summed E-state index contributed by atoms with van der Waals surface area (Å²) in [5.41, 5.74) is 3.69. The lowest BCUT2D eigenvalue weighted by Crippen LogP contribution is -2.31. The molecule has 2 heterocycles. The Morgan fingerprint density at radius 2 is 2.17 bits per heavy atom. The molecular weight excluding hydrogens is 300 g/mol. The number of carbonyl (C=O) groups is 1. The number of aromatic nitrogens is 2. The lowest BCUT2D eigenvalue weighted by molar-refractivity contribution is 0.0986. The van der Waals surface area contributed by atoms with Gasteiger partial charge >= 0.3 is 0 Å². The highest BCUT2D eigenvalue weighted by Gasteiger charge is 2.35. The molecule has 0 N–H and O–H groups in total. The Morgan fingerprint density at radius 3 is 2.88 bits per heavy atom. The van der Waals surface area contributed by atoms with Crippen LogP contribution in [0.5, 0.6) is 0 Å². The molecule has 1 aromatic carbocycles. The Bertz CT molecular complexity index is 800. The van der Waals surface area contributed by atoms with Gasteiger partial charge in [-0.2, -0.15) is 10.4 Å². The Kier molecular flexibility index (Phi) is 4.39. The van der Waals surface area contributed by atoms with Gasteiger partial charge in [-0.05, 0) is 24.5 Å². The zero-order valence-electron chi connectivity index (χ0n) is 14.4. The third-order valence-corrected chi connectivity index (χ3v) is 4.83. The number of para-hydroxylation sites is 1. The molecule has 0 aliphatic carbocycles. The number of nitrogens with zero attached hydrogens (tertiary/aromatic N) is 4. The predicted molar refractivity (Wildman–Crippen MR) is 92.9 cm³/mol. The van der Waals surface area contributed by atoms with E-state index in [0.29, 0.717) is 36.9 Å². The number of aryl methyl sites for hydroxylation is 1. The second kappa shape index (κ2) is 6.48. The highest BCUT2D eigenvalue weighted by Crippen LogP contribution is 2.40. The smallest absolute Gasteiger partial charge is 0.261 e. The van der Waals surface area contributed by atoms with Crippen molar-refractivity contribution in [2.75, 3.05) is 11.4 Å². The van der Waals surface area contributed by atoms with E-state index in [4.69, 9.17) is 5.26 Å². The molecule has 0 spiro atoms. The second-order valence-electron chi connectivity index (χ2n) is 6.60. The summed E-state index contributed by atoms with van der Waals surface area (Å²) in [4.78, 5) is 15.0. The quantitative estimate of drug-likeness (QED) is 0.865. The summed E-state index contributed by atoms with van der Waals surface area (Å²) in [7, 11) is 0. The highest BCUT2D eigenvalue weighted by atomic mass is 16.2. The average Bonchev–Trinajstić information content (AvgIpc) is 3.13. The molecule has 1 aliphatic rings. The Balaban J connectivity index is 1.92. The molecule has 0 radical (unpaired) electrons. The summed E-state index contributed by atoms with van der Waals surface area (Å²) in [5.74, 6) is 0.828. The third-order valence-electron chi connectivity index (χ3n) is 4.83. The van der Waals surface area contributed by atoms with Gasteiger partial charge in [-0.25, -0.2) is 0 Å². The summed E-state index contributed by atoms with van der Waals surface area (Å²) in [6.45, 7) is 7.50. The van der Waals surface area contributed by atoms with Crippen LogP contribution in [-0.2, 0) is 6.54 Å². The van der Waals surface area contributed by atoms with Gasteiger partial charge in [-0.1, -0.05) is 32.0 Å². The van der Waals surface area contributed by atoms with E-state index in [1.165, 1.54) is 5.56 Å². The summed E-state index contributed by atoms with van der Waals surface area (Å²) in [5, 5.41) is 13.0. The van der Waals surface area contributed by atoms with Gasteiger partial charge in [-0.15, -0.1) is 0 Å². The standard InChI is InChI=1S/C19H22N4O/c1-13(2)17-12-22(18-8-5-4-7-15(17)18)19(24)16-11-21-23(14(16)3)10-6-9-20/h4-5,7-8,11,13,17H,6,10,12H2,1-3H3. The van der Waals surface area contributed by atoms with E-state index in [-0.39, 0.29) is 5.91 Å². The monoisotopic (exact) mass is 322 g/mol. The molecule has 0 fully saturated rings. The fourth-order valence-electron chi connectivity index (χ4n) is 3.39. The Labute approximate surface area is 142 Å². The number of benzene rings is 1. The van der Waals surface area contributed by atoms with Crippen LogP contribution in [0.25, 0.3) is 0 Å². The molecular formula is C19H22N4O. The van der Waals surface area contributed by atoms with Gasteiger partial charge in [0, 0.05) is 23.8 Å². The first-order valence-corrected chi connectivity index (χ1v) is 8.34. The second-order valence-corrected chi connectivity index (χ2v) is 6.60. The topological polar surface area (TPSA) is 61.9 Å². The van der Waals surface area contributed by atoms with E-state index < -0.39 is 0 Å². The zero-order valence-corrected chi connectivity index (χ0v) is 14.4. The van der Waals surface area contributed by atoms with Crippen LogP contribution in [0, 0.1) is 24.2 Å². The van der Waals surface area contributed by atoms with Crippen LogP contribution in [-0.4, -0.2) is 22.2 Å². The molecule has 1 aromatic heterocycles. The van der Waals surface area contributed by atoms with Gasteiger partial charge < -0.3 is 4.90 Å². The van der Waals surface area contributed by atoms with E-state index in [1.54, 1.807) is 10.9 Å². The highest BCUT2D eigenvalue weighted by molar-refractivity contribution is 6.08. The first-order valence-electron chi connectivity index (χ1n) is 8.34. The Hall–Kier alpha value is -2.61. The van der Waals surface area contributed by atoms with E-state index in [1.807, 2.05) is 30.0 Å². The maximum atomic E-state index is 13.1. The first-order chi connectivity index (χ1) is 11.5. The molecule has 1 amide bonds. The number of anilines is 1. The van der Waals surface area contributed by atoms with Gasteiger partial charge in [0.25, 0.3) is 5.91 Å². The van der Waals surface area contributed by atoms with Crippen molar-refractivity contribution in [1.82, 2.24) is 9.78 Å². The number of amides is 1. The molecule has 0 bridgehead atoms. The number of fused-ring (bicyclic) bond motifs is 1. The minimum atomic E-state index is -0.00805. The molecule has 2 aromatic rings. The van der Waals surface area contributed by atoms with Crippen LogP contribution >= 0.6 is 0 Å². The normalized spacial score (nSPS) is 16.3. The minimum Gasteiger partial charge on any atom is -0.307 e. The van der Waals surface area contributed by atoms with Crippen molar-refractivity contribution >= 4 is 11.6 Å². The van der Waals surface area contributed by atoms with Crippen molar-refractivity contribution in [2.24, 2.45) is 5.92 Å². The van der Waals surface area contributed by atoms with Crippen LogP contribution in [0.1, 0.15) is 47.8 Å². The van der Waals surface area contributed by atoms with Crippen LogP contribution in [0.15, 0.2) is 30.5 Å². The van der Waals surface area contributed by atoms with Crippen molar-refractivity contribution < 1.29 is 4.79 Å². The maximum absolute atomic E-state index is 13.1. The molecule has 124 valence electrons. The summed E-state index contributed by atoms with van der Waals surface area (Å²) in [6.07, 6.45) is 2.01.